The van der Waals surface area contributed by atoms with E-state index in [1.807, 2.05) is 0 Å². The third-order valence-corrected chi connectivity index (χ3v) is 13.3. The van der Waals surface area contributed by atoms with Crippen LogP contribution in [0.1, 0.15) is 105 Å². The number of nitro benzene ring substituents is 1. The molecular formula is C41H57N4O5+. The predicted octanol–water partition coefficient (Wildman–Crippen LogP) is 9.48. The SMILES string of the molecule is CC(C)CCC[C@@H](C)[C@H]1CC[C@H]2[C@@H]3CC=C4CC(OC(=O)C[n+]5cccc(NC(=O)Nc6ccc([N+](=O)[O-])cc6)c5)CC[C@]4(C)[C@H]3CC[C@]12C. The summed E-state index contributed by atoms with van der Waals surface area (Å²) in [5.41, 5.74) is 3.09. The van der Waals surface area contributed by atoms with Crippen LogP contribution < -0.4 is 15.2 Å². The normalized spacial score (nSPS) is 30.7. The van der Waals surface area contributed by atoms with Gasteiger partial charge in [0.25, 0.3) is 5.69 Å². The summed E-state index contributed by atoms with van der Waals surface area (Å²) < 4.78 is 7.78. The maximum atomic E-state index is 13.1. The summed E-state index contributed by atoms with van der Waals surface area (Å²) >= 11 is 0. The van der Waals surface area contributed by atoms with Gasteiger partial charge in [-0.3, -0.25) is 10.1 Å². The number of rotatable bonds is 11. The van der Waals surface area contributed by atoms with Crippen molar-refractivity contribution in [3.05, 3.63) is 70.6 Å². The van der Waals surface area contributed by atoms with E-state index in [1.54, 1.807) is 29.1 Å². The van der Waals surface area contributed by atoms with Gasteiger partial charge >= 0.3 is 12.0 Å². The number of hydrogen-bond acceptors (Lipinski definition) is 5. The largest absolute Gasteiger partial charge is 0.457 e. The maximum absolute atomic E-state index is 13.1. The number of fused-ring (bicyclic) bond motifs is 5. The number of non-ortho nitro benzene ring substituents is 1. The second-order valence-electron chi connectivity index (χ2n) is 16.8. The van der Waals surface area contributed by atoms with E-state index in [1.165, 1.54) is 81.2 Å². The van der Waals surface area contributed by atoms with Crippen LogP contribution in [-0.2, 0) is 16.1 Å². The Kier molecular flexibility index (Phi) is 10.7. The lowest BCUT2D eigenvalue weighted by Gasteiger charge is -2.58. The van der Waals surface area contributed by atoms with Crippen molar-refractivity contribution < 1.29 is 23.8 Å². The van der Waals surface area contributed by atoms with Gasteiger partial charge in [-0.05, 0) is 109 Å². The highest BCUT2D eigenvalue weighted by atomic mass is 16.6. The van der Waals surface area contributed by atoms with Gasteiger partial charge in [-0.2, -0.15) is 4.57 Å². The monoisotopic (exact) mass is 685 g/mol. The molecule has 0 saturated heterocycles. The molecule has 50 heavy (non-hydrogen) atoms. The molecule has 2 aromatic rings. The minimum atomic E-state index is -0.491. The number of allylic oxidation sites excluding steroid dienone is 1. The van der Waals surface area contributed by atoms with Gasteiger partial charge in [-0.15, -0.1) is 0 Å². The number of carbonyl (C=O) groups excluding carboxylic acids is 2. The van der Waals surface area contributed by atoms with E-state index in [4.69, 9.17) is 4.74 Å². The molecule has 2 amide bonds. The Morgan fingerprint density at radius 3 is 2.48 bits per heavy atom. The van der Waals surface area contributed by atoms with Gasteiger partial charge in [-0.25, -0.2) is 9.59 Å². The Bertz CT molecular complexity index is 1590. The number of esters is 1. The smallest absolute Gasteiger partial charge is 0.372 e. The summed E-state index contributed by atoms with van der Waals surface area (Å²) in [4.78, 5) is 36.0. The quantitative estimate of drug-likeness (QED) is 0.0804. The lowest BCUT2D eigenvalue weighted by Crippen LogP contribution is -2.51. The Hall–Kier alpha value is -3.75. The molecule has 1 unspecified atom stereocenters. The number of pyridine rings is 1. The number of carbonyl (C=O) groups is 2. The molecule has 6 rings (SSSR count). The van der Waals surface area contributed by atoms with Crippen molar-refractivity contribution in [2.45, 2.75) is 118 Å². The summed E-state index contributed by atoms with van der Waals surface area (Å²) in [5, 5.41) is 16.3. The van der Waals surface area contributed by atoms with Crippen molar-refractivity contribution in [2.75, 3.05) is 10.6 Å². The zero-order chi connectivity index (χ0) is 35.6. The van der Waals surface area contributed by atoms with Crippen LogP contribution in [0, 0.1) is 56.5 Å². The molecule has 0 bridgehead atoms. The standard InChI is InChI=1S/C41H56N4O5/c1-27(2)8-6-9-28(3)35-17-18-36-34-16-11-29-24-33(19-21-40(29,4)37(34)20-22-41(35,36)5)50-38(46)26-44-23-7-10-31(25-44)43-39(47)42-30-12-14-32(15-13-30)45(48)49/h7,10-15,23,25,27-28,33-37H,6,8-9,16-22,24,26H2,1-5H3,(H-,42,43,47)/p+1/t28-,33?,34+,35-,36+,37+,40+,41-/m1/s1. The maximum Gasteiger partial charge on any atom is 0.372 e. The number of aromatic nitrogens is 1. The predicted molar refractivity (Wildman–Crippen MR) is 195 cm³/mol. The van der Waals surface area contributed by atoms with E-state index in [-0.39, 0.29) is 29.7 Å². The van der Waals surface area contributed by atoms with Gasteiger partial charge in [-0.1, -0.05) is 65.5 Å². The summed E-state index contributed by atoms with van der Waals surface area (Å²) in [5.74, 6) is 4.55. The number of nitrogens with one attached hydrogen (secondary N) is 2. The molecule has 270 valence electrons. The number of ether oxygens (including phenoxy) is 1. The first-order chi connectivity index (χ1) is 23.9. The van der Waals surface area contributed by atoms with Crippen molar-refractivity contribution in [3.63, 3.8) is 0 Å². The molecule has 0 aliphatic heterocycles. The van der Waals surface area contributed by atoms with Crippen LogP contribution in [0.3, 0.4) is 0 Å². The van der Waals surface area contributed by atoms with Crippen molar-refractivity contribution in [1.82, 2.24) is 0 Å². The molecule has 8 atom stereocenters. The van der Waals surface area contributed by atoms with Crippen molar-refractivity contribution in [3.8, 4) is 0 Å². The number of nitrogens with zero attached hydrogens (tertiary/aromatic N) is 2. The number of benzene rings is 1. The average Bonchev–Trinajstić information content (AvgIpc) is 3.42. The molecule has 0 spiro atoms. The van der Waals surface area contributed by atoms with Crippen LogP contribution >= 0.6 is 0 Å². The average molecular weight is 686 g/mol. The van der Waals surface area contributed by atoms with Gasteiger partial charge in [0.15, 0.2) is 12.4 Å². The Morgan fingerprint density at radius 2 is 1.74 bits per heavy atom. The van der Waals surface area contributed by atoms with Crippen LogP contribution in [0.15, 0.2) is 60.4 Å². The van der Waals surface area contributed by atoms with Gasteiger partial charge in [0.05, 0.1) is 4.92 Å². The molecule has 3 fully saturated rings. The van der Waals surface area contributed by atoms with E-state index in [0.29, 0.717) is 16.8 Å². The van der Waals surface area contributed by atoms with E-state index in [0.717, 1.165) is 54.8 Å². The van der Waals surface area contributed by atoms with Gasteiger partial charge < -0.3 is 15.4 Å². The number of urea groups is 1. The topological polar surface area (TPSA) is 114 Å². The molecule has 4 aliphatic rings. The van der Waals surface area contributed by atoms with Crippen LogP contribution in [0.4, 0.5) is 21.9 Å². The summed E-state index contributed by atoms with van der Waals surface area (Å²) in [7, 11) is 0. The van der Waals surface area contributed by atoms with E-state index < -0.39 is 11.0 Å². The molecule has 0 radical (unpaired) electrons. The van der Waals surface area contributed by atoms with E-state index in [9.17, 15) is 19.7 Å². The number of amides is 2. The van der Waals surface area contributed by atoms with Gasteiger partial charge in [0.2, 0.25) is 6.54 Å². The number of nitro groups is 1. The Labute approximate surface area is 297 Å². The van der Waals surface area contributed by atoms with E-state index in [2.05, 4.69) is 51.3 Å². The Morgan fingerprint density at radius 1 is 0.980 bits per heavy atom. The van der Waals surface area contributed by atoms with E-state index >= 15 is 0 Å². The zero-order valence-electron chi connectivity index (χ0n) is 30.7. The fourth-order valence-electron chi connectivity index (χ4n) is 10.8. The third kappa shape index (κ3) is 7.62. The fraction of sp³-hybridized carbons (Fsp3) is 0.634. The molecule has 9 nitrogen and oxygen atoms in total. The summed E-state index contributed by atoms with van der Waals surface area (Å²) in [6, 6.07) is 8.61. The van der Waals surface area contributed by atoms with Crippen LogP contribution in [0.5, 0.6) is 0 Å². The molecule has 4 aliphatic carbocycles. The number of hydrogen-bond donors (Lipinski definition) is 2. The molecule has 1 heterocycles. The third-order valence-electron chi connectivity index (χ3n) is 13.3. The second-order valence-corrected chi connectivity index (χ2v) is 16.8. The lowest BCUT2D eigenvalue weighted by molar-refractivity contribution is -0.685. The molecule has 1 aromatic heterocycles. The van der Waals surface area contributed by atoms with Crippen LogP contribution in [-0.4, -0.2) is 23.0 Å². The first kappa shape index (κ1) is 36.1. The van der Waals surface area contributed by atoms with Gasteiger partial charge in [0.1, 0.15) is 11.8 Å². The van der Waals surface area contributed by atoms with Crippen LogP contribution in [0.2, 0.25) is 0 Å². The Balaban J connectivity index is 1.01. The second kappa shape index (κ2) is 14.8. The highest BCUT2D eigenvalue weighted by molar-refractivity contribution is 5.99. The zero-order valence-corrected chi connectivity index (χ0v) is 30.7. The lowest BCUT2D eigenvalue weighted by atomic mass is 9.47. The summed E-state index contributed by atoms with van der Waals surface area (Å²) in [6.07, 6.45) is 19.5. The van der Waals surface area contributed by atoms with Crippen molar-refractivity contribution in [1.29, 1.82) is 0 Å². The molecule has 2 N–H and O–H groups in total. The molecular weight excluding hydrogens is 628 g/mol. The minimum absolute atomic E-state index is 0.0499. The fourth-order valence-corrected chi connectivity index (χ4v) is 10.8. The highest BCUT2D eigenvalue weighted by Gasteiger charge is 2.59. The minimum Gasteiger partial charge on any atom is -0.457 e. The summed E-state index contributed by atoms with van der Waals surface area (Å²) in [6.45, 7) is 12.5. The highest BCUT2D eigenvalue weighted by Crippen LogP contribution is 2.67. The van der Waals surface area contributed by atoms with Crippen molar-refractivity contribution in [2.24, 2.45) is 46.3 Å². The first-order valence-electron chi connectivity index (χ1n) is 19.1. The van der Waals surface area contributed by atoms with Crippen LogP contribution in [0.25, 0.3) is 0 Å². The molecule has 3 saturated carbocycles. The first-order valence-corrected chi connectivity index (χ1v) is 19.1. The molecule has 1 aromatic carbocycles. The van der Waals surface area contributed by atoms with Crippen molar-refractivity contribution >= 4 is 29.1 Å². The molecule has 9 heteroatoms. The number of anilines is 2. The van der Waals surface area contributed by atoms with Gasteiger partial charge in [0, 0.05) is 30.3 Å².